The Balaban J connectivity index is 2.43. The molecule has 2 rings (SSSR count). The molecule has 0 amide bonds. The number of hydrogen-bond donors (Lipinski definition) is 0. The fourth-order valence-corrected chi connectivity index (χ4v) is 1.76. The van der Waals surface area contributed by atoms with Crippen LogP contribution in [-0.2, 0) is 9.53 Å². The second kappa shape index (κ2) is 5.53. The lowest BCUT2D eigenvalue weighted by Gasteiger charge is -2.01. The Morgan fingerprint density at radius 3 is 3.11 bits per heavy atom. The van der Waals surface area contributed by atoms with E-state index in [0.717, 1.165) is 0 Å². The number of ether oxygens (including phenoxy) is 1. The average Bonchev–Trinajstić information content (AvgIpc) is 2.58. The van der Waals surface area contributed by atoms with Gasteiger partial charge < -0.3 is 4.74 Å². The van der Waals surface area contributed by atoms with Gasteiger partial charge >= 0.3 is 5.97 Å². The molecule has 1 aliphatic heterocycles. The van der Waals surface area contributed by atoms with Crippen molar-refractivity contribution in [3.8, 4) is 0 Å². The van der Waals surface area contributed by atoms with Gasteiger partial charge in [0.05, 0.1) is 31.1 Å². The van der Waals surface area contributed by atoms with Crippen LogP contribution in [0, 0.1) is 5.82 Å². The second-order valence-corrected chi connectivity index (χ2v) is 3.84. The van der Waals surface area contributed by atoms with E-state index < -0.39 is 0 Å². The van der Waals surface area contributed by atoms with E-state index in [-0.39, 0.29) is 18.2 Å². The number of benzene rings is 1. The Bertz CT molecular complexity index is 608. The highest BCUT2D eigenvalue weighted by molar-refractivity contribution is 5.73. The molecule has 0 N–H and O–H groups in total. The number of fused-ring (bicyclic) bond motifs is 1. The fraction of sp³-hybridized carbons (Fsp3) is 0.308. The molecule has 4 nitrogen and oxygen atoms in total. The maximum atomic E-state index is 13.3. The highest BCUT2D eigenvalue weighted by Crippen LogP contribution is 2.07. The van der Waals surface area contributed by atoms with Crippen LogP contribution in [0.5, 0.6) is 0 Å². The molecule has 1 aromatic carbocycles. The van der Waals surface area contributed by atoms with E-state index in [1.165, 1.54) is 19.2 Å². The van der Waals surface area contributed by atoms with Gasteiger partial charge in [0.1, 0.15) is 5.82 Å². The van der Waals surface area contributed by atoms with E-state index >= 15 is 0 Å². The Labute approximate surface area is 104 Å². The molecule has 1 heterocycles. The van der Waals surface area contributed by atoms with Crippen LogP contribution in [0.25, 0.3) is 5.70 Å². The summed E-state index contributed by atoms with van der Waals surface area (Å²) in [5.74, 6) is -0.645. The standard InChI is InChI=1S/C13H13FN2O2/c1-18-13(17)5-4-12-10-8-9(14)2-3-11(10)15-6-7-16-12/h2-3,7-8H,4-6H2,1H3. The van der Waals surface area contributed by atoms with Gasteiger partial charge in [-0.25, -0.2) is 4.39 Å². The van der Waals surface area contributed by atoms with Crippen LogP contribution >= 0.6 is 0 Å². The third kappa shape index (κ3) is 2.80. The zero-order valence-electron chi connectivity index (χ0n) is 10.0. The van der Waals surface area contributed by atoms with Crippen LogP contribution in [0.2, 0.25) is 0 Å². The normalized spacial score (nSPS) is 13.6. The van der Waals surface area contributed by atoms with Gasteiger partial charge in [0.25, 0.3) is 0 Å². The van der Waals surface area contributed by atoms with E-state index in [2.05, 4.69) is 14.7 Å². The predicted molar refractivity (Wildman–Crippen MR) is 65.2 cm³/mol. The number of nitrogens with zero attached hydrogens (tertiary/aromatic N) is 2. The maximum Gasteiger partial charge on any atom is 0.305 e. The van der Waals surface area contributed by atoms with Crippen LogP contribution in [-0.4, -0.2) is 25.8 Å². The smallest absolute Gasteiger partial charge is 0.305 e. The Morgan fingerprint density at radius 2 is 2.33 bits per heavy atom. The van der Waals surface area contributed by atoms with Crippen LogP contribution in [0.15, 0.2) is 28.2 Å². The zero-order valence-corrected chi connectivity index (χ0v) is 10.0. The van der Waals surface area contributed by atoms with Crippen molar-refractivity contribution in [3.63, 3.8) is 0 Å². The second-order valence-electron chi connectivity index (χ2n) is 3.84. The van der Waals surface area contributed by atoms with Gasteiger partial charge in [-0.05, 0) is 18.2 Å². The topological polar surface area (TPSA) is 51.0 Å². The minimum atomic E-state index is -0.336. The predicted octanol–water partition coefficient (Wildman–Crippen LogP) is 0.591. The Hall–Kier alpha value is -2.04. The molecule has 0 fully saturated rings. The first-order chi connectivity index (χ1) is 8.70. The lowest BCUT2D eigenvalue weighted by atomic mass is 10.1. The van der Waals surface area contributed by atoms with E-state index in [1.54, 1.807) is 12.3 Å². The van der Waals surface area contributed by atoms with Gasteiger partial charge in [0, 0.05) is 17.9 Å². The largest absolute Gasteiger partial charge is 0.469 e. The van der Waals surface area contributed by atoms with Crippen molar-refractivity contribution in [1.82, 2.24) is 0 Å². The van der Waals surface area contributed by atoms with Gasteiger partial charge in [-0.3, -0.25) is 14.8 Å². The molecule has 18 heavy (non-hydrogen) atoms. The Morgan fingerprint density at radius 1 is 1.50 bits per heavy atom. The highest BCUT2D eigenvalue weighted by Gasteiger charge is 2.06. The van der Waals surface area contributed by atoms with Crippen molar-refractivity contribution in [2.45, 2.75) is 12.8 Å². The molecule has 0 atom stereocenters. The molecular weight excluding hydrogens is 235 g/mol. The molecule has 0 aliphatic carbocycles. The van der Waals surface area contributed by atoms with Crippen molar-refractivity contribution in [1.29, 1.82) is 0 Å². The number of carbonyl (C=O) groups is 1. The van der Waals surface area contributed by atoms with E-state index in [9.17, 15) is 9.18 Å². The molecule has 1 aliphatic rings. The van der Waals surface area contributed by atoms with Gasteiger partial charge in [-0.2, -0.15) is 0 Å². The minimum Gasteiger partial charge on any atom is -0.469 e. The summed E-state index contributed by atoms with van der Waals surface area (Å²) in [6, 6.07) is 4.39. The van der Waals surface area contributed by atoms with Crippen LogP contribution in [0.4, 0.5) is 4.39 Å². The molecule has 0 unspecified atom stereocenters. The third-order valence-corrected chi connectivity index (χ3v) is 2.65. The monoisotopic (exact) mass is 248 g/mol. The maximum absolute atomic E-state index is 13.3. The third-order valence-electron chi connectivity index (χ3n) is 2.65. The Kier molecular flexibility index (Phi) is 3.82. The number of aliphatic imine (C=N–C) groups is 1. The first-order valence-corrected chi connectivity index (χ1v) is 5.63. The molecule has 94 valence electrons. The van der Waals surface area contributed by atoms with E-state index in [4.69, 9.17) is 0 Å². The molecule has 0 bridgehead atoms. The summed E-state index contributed by atoms with van der Waals surface area (Å²) in [6.07, 6.45) is 2.29. The summed E-state index contributed by atoms with van der Waals surface area (Å²) in [5.41, 5.74) is 0.663. The number of carbonyl (C=O) groups excluding carboxylic acids is 1. The van der Waals surface area contributed by atoms with Gasteiger partial charge in [-0.1, -0.05) is 0 Å². The van der Waals surface area contributed by atoms with Gasteiger partial charge in [-0.15, -0.1) is 0 Å². The SMILES string of the molecule is COC(=O)CCC1=c2cc(F)ccc2=NCC=N1. The molecule has 0 saturated carbocycles. The average molecular weight is 248 g/mol. The van der Waals surface area contributed by atoms with Crippen molar-refractivity contribution >= 4 is 17.9 Å². The van der Waals surface area contributed by atoms with Crippen molar-refractivity contribution in [2.75, 3.05) is 13.7 Å². The summed E-state index contributed by atoms with van der Waals surface area (Å²) in [6.45, 7) is 0.459. The lowest BCUT2D eigenvalue weighted by molar-refractivity contribution is -0.140. The van der Waals surface area contributed by atoms with Crippen molar-refractivity contribution < 1.29 is 13.9 Å². The van der Waals surface area contributed by atoms with Crippen LogP contribution < -0.4 is 10.6 Å². The first kappa shape index (κ1) is 12.4. The summed E-state index contributed by atoms with van der Waals surface area (Å²) >= 11 is 0. The summed E-state index contributed by atoms with van der Waals surface area (Å²) in [4.78, 5) is 19.6. The first-order valence-electron chi connectivity index (χ1n) is 5.63. The minimum absolute atomic E-state index is 0.221. The lowest BCUT2D eigenvalue weighted by Crippen LogP contribution is -2.27. The number of hydrogen-bond acceptors (Lipinski definition) is 4. The van der Waals surface area contributed by atoms with Crippen LogP contribution in [0.3, 0.4) is 0 Å². The van der Waals surface area contributed by atoms with E-state index in [0.29, 0.717) is 29.2 Å². The van der Waals surface area contributed by atoms with E-state index in [1.807, 2.05) is 0 Å². The molecule has 0 saturated heterocycles. The quantitative estimate of drug-likeness (QED) is 0.735. The summed E-state index contributed by atoms with van der Waals surface area (Å²) in [7, 11) is 1.34. The number of esters is 1. The zero-order chi connectivity index (χ0) is 13.0. The number of halogens is 1. The molecular formula is C13H13FN2O2. The highest BCUT2D eigenvalue weighted by atomic mass is 19.1. The summed E-state index contributed by atoms with van der Waals surface area (Å²) in [5, 5.41) is 1.35. The fourth-order valence-electron chi connectivity index (χ4n) is 1.76. The molecule has 0 aromatic heterocycles. The van der Waals surface area contributed by atoms with Crippen molar-refractivity contribution in [3.05, 3.63) is 34.6 Å². The molecule has 0 radical (unpaired) electrons. The number of methoxy groups -OCH3 is 1. The van der Waals surface area contributed by atoms with Gasteiger partial charge in [0.2, 0.25) is 0 Å². The molecule has 0 spiro atoms. The number of rotatable bonds is 3. The van der Waals surface area contributed by atoms with Crippen molar-refractivity contribution in [2.24, 2.45) is 9.98 Å². The van der Waals surface area contributed by atoms with Crippen LogP contribution in [0.1, 0.15) is 12.8 Å². The van der Waals surface area contributed by atoms with Gasteiger partial charge in [0.15, 0.2) is 0 Å². The molecule has 5 heteroatoms. The summed E-state index contributed by atoms with van der Waals surface area (Å²) < 4.78 is 17.8. The molecule has 1 aromatic rings.